The van der Waals surface area contributed by atoms with E-state index in [2.05, 4.69) is 37.4 Å². The van der Waals surface area contributed by atoms with Crippen molar-refractivity contribution in [2.75, 3.05) is 13.1 Å². The van der Waals surface area contributed by atoms with Crippen LogP contribution >= 0.6 is 11.8 Å². The first-order valence-electron chi connectivity index (χ1n) is 5.20. The predicted molar refractivity (Wildman–Crippen MR) is 63.0 cm³/mol. The lowest BCUT2D eigenvalue weighted by Crippen LogP contribution is -2.09. The summed E-state index contributed by atoms with van der Waals surface area (Å²) in [6.07, 6.45) is 1.30. The Hall–Kier alpha value is -0.470. The molecule has 1 atom stereocenters. The first kappa shape index (κ1) is 10.1. The van der Waals surface area contributed by atoms with E-state index in [0.29, 0.717) is 0 Å². The second-order valence-corrected chi connectivity index (χ2v) is 5.35. The Balaban J connectivity index is 2.05. The Labute approximate surface area is 90.3 Å². The van der Waals surface area contributed by atoms with Gasteiger partial charge in [0.2, 0.25) is 0 Å². The molecule has 0 amide bonds. The zero-order valence-corrected chi connectivity index (χ0v) is 9.66. The van der Waals surface area contributed by atoms with Crippen molar-refractivity contribution >= 4 is 11.8 Å². The van der Waals surface area contributed by atoms with Crippen molar-refractivity contribution in [3.05, 3.63) is 29.3 Å². The van der Waals surface area contributed by atoms with Gasteiger partial charge in [-0.05, 0) is 50.1 Å². The lowest BCUT2D eigenvalue weighted by molar-refractivity contribution is 0.858. The van der Waals surface area contributed by atoms with Gasteiger partial charge >= 0.3 is 0 Å². The molecule has 76 valence electrons. The molecule has 0 saturated carbocycles. The highest BCUT2D eigenvalue weighted by atomic mass is 32.2. The zero-order chi connectivity index (χ0) is 9.97. The molecule has 0 aliphatic carbocycles. The van der Waals surface area contributed by atoms with Gasteiger partial charge < -0.3 is 5.32 Å². The molecular formula is C12H17NS. The molecule has 0 spiro atoms. The van der Waals surface area contributed by atoms with Gasteiger partial charge in [0.25, 0.3) is 0 Å². The fraction of sp³-hybridized carbons (Fsp3) is 0.500. The second-order valence-electron chi connectivity index (χ2n) is 3.98. The van der Waals surface area contributed by atoms with Crippen LogP contribution in [0.15, 0.2) is 23.1 Å². The van der Waals surface area contributed by atoms with Crippen molar-refractivity contribution in [1.82, 2.24) is 5.32 Å². The van der Waals surface area contributed by atoms with Crippen LogP contribution in [0.5, 0.6) is 0 Å². The molecule has 1 fully saturated rings. The number of nitrogens with one attached hydrogen (secondary N) is 1. The number of aryl methyl sites for hydroxylation is 2. The number of rotatable bonds is 2. The summed E-state index contributed by atoms with van der Waals surface area (Å²) in [6, 6.07) is 6.77. The number of hydrogen-bond donors (Lipinski definition) is 1. The summed E-state index contributed by atoms with van der Waals surface area (Å²) in [7, 11) is 0. The summed E-state index contributed by atoms with van der Waals surface area (Å²) in [6.45, 7) is 6.70. The Bertz CT molecular complexity index is 316. The Kier molecular flexibility index (Phi) is 3.14. The van der Waals surface area contributed by atoms with Gasteiger partial charge in [-0.3, -0.25) is 0 Å². The molecule has 1 aliphatic heterocycles. The van der Waals surface area contributed by atoms with E-state index < -0.39 is 0 Å². The lowest BCUT2D eigenvalue weighted by Gasteiger charge is -2.09. The van der Waals surface area contributed by atoms with Crippen molar-refractivity contribution < 1.29 is 0 Å². The summed E-state index contributed by atoms with van der Waals surface area (Å²) in [4.78, 5) is 1.42. The van der Waals surface area contributed by atoms with Crippen LogP contribution < -0.4 is 5.32 Å². The topological polar surface area (TPSA) is 12.0 Å². The van der Waals surface area contributed by atoms with Crippen molar-refractivity contribution in [2.45, 2.75) is 30.4 Å². The molecule has 0 bridgehead atoms. The molecule has 0 aromatic heterocycles. The normalized spacial score (nSPS) is 21.4. The maximum absolute atomic E-state index is 3.40. The fourth-order valence-electron chi connectivity index (χ4n) is 1.71. The second kappa shape index (κ2) is 4.37. The lowest BCUT2D eigenvalue weighted by atomic mass is 10.1. The van der Waals surface area contributed by atoms with Gasteiger partial charge in [-0.2, -0.15) is 0 Å². The number of hydrogen-bond acceptors (Lipinski definition) is 2. The highest BCUT2D eigenvalue weighted by molar-refractivity contribution is 8.00. The monoisotopic (exact) mass is 207 g/mol. The standard InChI is InChI=1S/C12H17NS/c1-9-3-4-11(7-10(9)2)14-12-5-6-13-8-12/h3-4,7,12-13H,5-6,8H2,1-2H3. The quantitative estimate of drug-likeness (QED) is 0.800. The first-order chi connectivity index (χ1) is 6.75. The molecule has 2 rings (SSSR count). The molecular weight excluding hydrogens is 190 g/mol. The van der Waals surface area contributed by atoms with Crippen LogP contribution in [0.25, 0.3) is 0 Å². The van der Waals surface area contributed by atoms with E-state index in [1.165, 1.54) is 29.0 Å². The third-order valence-corrected chi connectivity index (χ3v) is 4.06. The number of thioether (sulfide) groups is 1. The van der Waals surface area contributed by atoms with Crippen LogP contribution in [-0.4, -0.2) is 18.3 Å². The summed E-state index contributed by atoms with van der Waals surface area (Å²) < 4.78 is 0. The molecule has 2 heteroatoms. The first-order valence-corrected chi connectivity index (χ1v) is 6.08. The molecule has 1 aliphatic rings. The Morgan fingerprint density at radius 1 is 1.29 bits per heavy atom. The summed E-state index contributed by atoms with van der Waals surface area (Å²) in [5.41, 5.74) is 2.79. The molecule has 1 unspecified atom stereocenters. The van der Waals surface area contributed by atoms with Gasteiger partial charge in [0.15, 0.2) is 0 Å². The summed E-state index contributed by atoms with van der Waals surface area (Å²) in [5, 5.41) is 4.17. The average Bonchev–Trinajstić information content (AvgIpc) is 2.64. The molecule has 1 heterocycles. The van der Waals surface area contributed by atoms with E-state index >= 15 is 0 Å². The maximum atomic E-state index is 3.40. The van der Waals surface area contributed by atoms with Crippen molar-refractivity contribution in [1.29, 1.82) is 0 Å². The molecule has 14 heavy (non-hydrogen) atoms. The van der Waals surface area contributed by atoms with Gasteiger partial charge in [0, 0.05) is 16.7 Å². The van der Waals surface area contributed by atoms with Gasteiger partial charge in [-0.15, -0.1) is 11.8 Å². The van der Waals surface area contributed by atoms with Crippen molar-refractivity contribution in [3.63, 3.8) is 0 Å². The summed E-state index contributed by atoms with van der Waals surface area (Å²) >= 11 is 2.01. The predicted octanol–water partition coefficient (Wildman–Crippen LogP) is 2.76. The third-order valence-electron chi connectivity index (χ3n) is 2.80. The highest BCUT2D eigenvalue weighted by Gasteiger charge is 2.15. The SMILES string of the molecule is Cc1ccc(SC2CCNC2)cc1C. The highest BCUT2D eigenvalue weighted by Crippen LogP contribution is 2.28. The van der Waals surface area contributed by atoms with E-state index in [0.717, 1.165) is 11.8 Å². The zero-order valence-electron chi connectivity index (χ0n) is 8.84. The average molecular weight is 207 g/mol. The van der Waals surface area contributed by atoms with Gasteiger partial charge in [0.1, 0.15) is 0 Å². The van der Waals surface area contributed by atoms with Crippen LogP contribution in [0.2, 0.25) is 0 Å². The minimum atomic E-state index is 0.775. The van der Waals surface area contributed by atoms with E-state index in [1.807, 2.05) is 11.8 Å². The van der Waals surface area contributed by atoms with Crippen molar-refractivity contribution in [3.8, 4) is 0 Å². The Morgan fingerprint density at radius 2 is 2.14 bits per heavy atom. The van der Waals surface area contributed by atoms with Gasteiger partial charge in [-0.1, -0.05) is 6.07 Å². The van der Waals surface area contributed by atoms with Crippen LogP contribution in [0.4, 0.5) is 0 Å². The Morgan fingerprint density at radius 3 is 2.79 bits per heavy atom. The van der Waals surface area contributed by atoms with Crippen LogP contribution in [-0.2, 0) is 0 Å². The van der Waals surface area contributed by atoms with Crippen LogP contribution in [0.1, 0.15) is 17.5 Å². The fourth-order valence-corrected chi connectivity index (χ4v) is 2.92. The summed E-state index contributed by atoms with van der Waals surface area (Å²) in [5.74, 6) is 0. The minimum Gasteiger partial charge on any atom is -0.316 e. The molecule has 1 N–H and O–H groups in total. The van der Waals surface area contributed by atoms with E-state index in [1.54, 1.807) is 0 Å². The minimum absolute atomic E-state index is 0.775. The molecule has 1 saturated heterocycles. The van der Waals surface area contributed by atoms with Gasteiger partial charge in [-0.25, -0.2) is 0 Å². The van der Waals surface area contributed by atoms with E-state index in [4.69, 9.17) is 0 Å². The van der Waals surface area contributed by atoms with E-state index in [-0.39, 0.29) is 0 Å². The number of benzene rings is 1. The molecule has 0 radical (unpaired) electrons. The maximum Gasteiger partial charge on any atom is 0.0231 e. The third kappa shape index (κ3) is 2.31. The van der Waals surface area contributed by atoms with Crippen molar-refractivity contribution in [2.24, 2.45) is 0 Å². The van der Waals surface area contributed by atoms with Crippen LogP contribution in [0.3, 0.4) is 0 Å². The smallest absolute Gasteiger partial charge is 0.0231 e. The van der Waals surface area contributed by atoms with Crippen LogP contribution in [0, 0.1) is 13.8 Å². The molecule has 1 aromatic carbocycles. The van der Waals surface area contributed by atoms with Gasteiger partial charge in [0.05, 0.1) is 0 Å². The van der Waals surface area contributed by atoms with E-state index in [9.17, 15) is 0 Å². The molecule has 1 aromatic rings. The molecule has 1 nitrogen and oxygen atoms in total. The largest absolute Gasteiger partial charge is 0.316 e.